The van der Waals surface area contributed by atoms with Gasteiger partial charge in [-0.3, -0.25) is 4.79 Å². The SMILES string of the molecule is COc1ccc(C(=O)COC(=O)c2ccc3nc(C)c(C)nc3c2)cc1. The first-order valence-corrected chi connectivity index (χ1v) is 8.07. The van der Waals surface area contributed by atoms with Crippen LogP contribution >= 0.6 is 0 Å². The topological polar surface area (TPSA) is 78.4 Å². The normalized spacial score (nSPS) is 10.6. The summed E-state index contributed by atoms with van der Waals surface area (Å²) in [6, 6.07) is 11.6. The van der Waals surface area contributed by atoms with Gasteiger partial charge in [-0.05, 0) is 56.3 Å². The zero-order chi connectivity index (χ0) is 18.7. The number of methoxy groups -OCH3 is 1. The van der Waals surface area contributed by atoms with Crippen LogP contribution in [0.5, 0.6) is 5.75 Å². The predicted octanol–water partition coefficient (Wildman–Crippen LogP) is 3.29. The molecule has 3 rings (SSSR count). The first-order chi connectivity index (χ1) is 12.5. The van der Waals surface area contributed by atoms with Crippen molar-refractivity contribution in [3.63, 3.8) is 0 Å². The summed E-state index contributed by atoms with van der Waals surface area (Å²) in [5.41, 5.74) is 3.75. The number of carbonyl (C=O) groups excluding carboxylic acids is 2. The average Bonchev–Trinajstić information content (AvgIpc) is 2.66. The number of ketones is 1. The fraction of sp³-hybridized carbons (Fsp3) is 0.200. The fourth-order valence-corrected chi connectivity index (χ4v) is 2.43. The summed E-state index contributed by atoms with van der Waals surface area (Å²) in [5, 5.41) is 0. The number of Topliss-reactive ketones (excluding diaryl/α,β-unsaturated/α-hetero) is 1. The van der Waals surface area contributed by atoms with E-state index in [4.69, 9.17) is 9.47 Å². The number of benzene rings is 2. The quantitative estimate of drug-likeness (QED) is 0.519. The summed E-state index contributed by atoms with van der Waals surface area (Å²) >= 11 is 0. The molecule has 0 atom stereocenters. The smallest absolute Gasteiger partial charge is 0.338 e. The van der Waals surface area contributed by atoms with Gasteiger partial charge < -0.3 is 9.47 Å². The van der Waals surface area contributed by atoms with Crippen molar-refractivity contribution in [2.75, 3.05) is 13.7 Å². The maximum Gasteiger partial charge on any atom is 0.338 e. The number of carbonyl (C=O) groups is 2. The first kappa shape index (κ1) is 17.5. The molecule has 132 valence electrons. The van der Waals surface area contributed by atoms with E-state index < -0.39 is 5.97 Å². The number of esters is 1. The fourth-order valence-electron chi connectivity index (χ4n) is 2.43. The standard InChI is InChI=1S/C20H18N2O4/c1-12-13(2)22-18-10-15(6-9-17(18)21-12)20(24)26-11-19(23)14-4-7-16(25-3)8-5-14/h4-10H,11H2,1-3H3. The van der Waals surface area contributed by atoms with Gasteiger partial charge in [0.15, 0.2) is 12.4 Å². The van der Waals surface area contributed by atoms with E-state index in [-0.39, 0.29) is 12.4 Å². The molecular weight excluding hydrogens is 332 g/mol. The lowest BCUT2D eigenvalue weighted by molar-refractivity contribution is 0.0475. The van der Waals surface area contributed by atoms with Crippen LogP contribution in [0.25, 0.3) is 11.0 Å². The lowest BCUT2D eigenvalue weighted by atomic mass is 10.1. The van der Waals surface area contributed by atoms with Gasteiger partial charge in [0.2, 0.25) is 0 Å². The number of nitrogens with zero attached hydrogens (tertiary/aromatic N) is 2. The zero-order valence-corrected chi connectivity index (χ0v) is 14.8. The van der Waals surface area contributed by atoms with Crippen molar-refractivity contribution < 1.29 is 19.1 Å². The van der Waals surface area contributed by atoms with Crippen LogP contribution in [0.1, 0.15) is 32.1 Å². The molecular formula is C20H18N2O4. The van der Waals surface area contributed by atoms with E-state index in [1.54, 1.807) is 49.6 Å². The third-order valence-corrected chi connectivity index (χ3v) is 4.06. The van der Waals surface area contributed by atoms with Crippen molar-refractivity contribution in [1.29, 1.82) is 0 Å². The molecule has 0 N–H and O–H groups in total. The minimum Gasteiger partial charge on any atom is -0.497 e. The summed E-state index contributed by atoms with van der Waals surface area (Å²) in [7, 11) is 1.55. The largest absolute Gasteiger partial charge is 0.497 e. The highest BCUT2D eigenvalue weighted by Crippen LogP contribution is 2.16. The van der Waals surface area contributed by atoms with Gasteiger partial charge in [-0.2, -0.15) is 0 Å². The Hall–Kier alpha value is -3.28. The van der Waals surface area contributed by atoms with E-state index in [2.05, 4.69) is 9.97 Å². The highest BCUT2D eigenvalue weighted by molar-refractivity contribution is 6.00. The lowest BCUT2D eigenvalue weighted by Gasteiger charge is -2.07. The molecule has 0 fully saturated rings. The van der Waals surface area contributed by atoms with Gasteiger partial charge >= 0.3 is 5.97 Å². The Morgan fingerprint density at radius 2 is 1.50 bits per heavy atom. The molecule has 2 aromatic carbocycles. The summed E-state index contributed by atoms with van der Waals surface area (Å²) in [6.07, 6.45) is 0. The maximum absolute atomic E-state index is 12.2. The molecule has 0 aliphatic heterocycles. The third kappa shape index (κ3) is 3.69. The first-order valence-electron chi connectivity index (χ1n) is 8.07. The molecule has 26 heavy (non-hydrogen) atoms. The van der Waals surface area contributed by atoms with E-state index in [1.807, 2.05) is 13.8 Å². The molecule has 1 heterocycles. The molecule has 0 bridgehead atoms. The van der Waals surface area contributed by atoms with Crippen LogP contribution < -0.4 is 4.74 Å². The minimum atomic E-state index is -0.575. The van der Waals surface area contributed by atoms with Crippen LogP contribution in [0, 0.1) is 13.8 Å². The Kier molecular flexibility index (Phi) is 4.93. The molecule has 0 amide bonds. The van der Waals surface area contributed by atoms with Crippen molar-refractivity contribution in [2.24, 2.45) is 0 Å². The number of aromatic nitrogens is 2. The van der Waals surface area contributed by atoms with Gasteiger partial charge in [0.05, 0.1) is 35.1 Å². The molecule has 3 aromatic rings. The Labute approximate surface area is 150 Å². The molecule has 0 aliphatic carbocycles. The van der Waals surface area contributed by atoms with E-state index in [0.29, 0.717) is 27.9 Å². The van der Waals surface area contributed by atoms with Gasteiger partial charge in [-0.25, -0.2) is 14.8 Å². The van der Waals surface area contributed by atoms with Gasteiger partial charge in [0, 0.05) is 5.56 Å². The Balaban J connectivity index is 1.70. The molecule has 6 heteroatoms. The van der Waals surface area contributed by atoms with Gasteiger partial charge in [0.25, 0.3) is 0 Å². The second-order valence-corrected chi connectivity index (χ2v) is 5.83. The summed E-state index contributed by atoms with van der Waals surface area (Å²) in [4.78, 5) is 33.2. The van der Waals surface area contributed by atoms with Crippen LogP contribution in [0.2, 0.25) is 0 Å². The van der Waals surface area contributed by atoms with Crippen molar-refractivity contribution in [3.8, 4) is 5.75 Å². The van der Waals surface area contributed by atoms with Crippen LogP contribution in [0.4, 0.5) is 0 Å². The number of aryl methyl sites for hydroxylation is 2. The zero-order valence-electron chi connectivity index (χ0n) is 14.8. The second kappa shape index (κ2) is 7.31. The van der Waals surface area contributed by atoms with Gasteiger partial charge in [-0.15, -0.1) is 0 Å². The molecule has 6 nitrogen and oxygen atoms in total. The predicted molar refractivity (Wildman–Crippen MR) is 96.6 cm³/mol. The molecule has 0 unspecified atom stereocenters. The summed E-state index contributed by atoms with van der Waals surface area (Å²) < 4.78 is 10.2. The maximum atomic E-state index is 12.2. The van der Waals surface area contributed by atoms with Gasteiger partial charge in [-0.1, -0.05) is 0 Å². The number of rotatable bonds is 5. The van der Waals surface area contributed by atoms with E-state index in [0.717, 1.165) is 11.4 Å². The van der Waals surface area contributed by atoms with E-state index in [1.165, 1.54) is 0 Å². The Bertz CT molecular complexity index is 981. The second-order valence-electron chi connectivity index (χ2n) is 5.83. The average molecular weight is 350 g/mol. The van der Waals surface area contributed by atoms with Crippen LogP contribution in [0.15, 0.2) is 42.5 Å². The van der Waals surface area contributed by atoms with Crippen LogP contribution in [-0.4, -0.2) is 35.4 Å². The van der Waals surface area contributed by atoms with Crippen molar-refractivity contribution in [3.05, 3.63) is 65.0 Å². The van der Waals surface area contributed by atoms with Crippen molar-refractivity contribution in [2.45, 2.75) is 13.8 Å². The third-order valence-electron chi connectivity index (χ3n) is 4.06. The molecule has 0 saturated carbocycles. The van der Waals surface area contributed by atoms with Crippen molar-refractivity contribution in [1.82, 2.24) is 9.97 Å². The molecule has 0 spiro atoms. The lowest BCUT2D eigenvalue weighted by Crippen LogP contribution is -2.14. The van der Waals surface area contributed by atoms with Gasteiger partial charge in [0.1, 0.15) is 5.75 Å². The Morgan fingerprint density at radius 3 is 2.15 bits per heavy atom. The number of hydrogen-bond acceptors (Lipinski definition) is 6. The summed E-state index contributed by atoms with van der Waals surface area (Å²) in [5.74, 6) is -0.205. The molecule has 0 aliphatic rings. The number of ether oxygens (including phenoxy) is 2. The van der Waals surface area contributed by atoms with Crippen molar-refractivity contribution >= 4 is 22.8 Å². The van der Waals surface area contributed by atoms with E-state index in [9.17, 15) is 9.59 Å². The summed E-state index contributed by atoms with van der Waals surface area (Å²) in [6.45, 7) is 3.41. The molecule has 1 aromatic heterocycles. The highest BCUT2D eigenvalue weighted by atomic mass is 16.5. The molecule has 0 radical (unpaired) electrons. The highest BCUT2D eigenvalue weighted by Gasteiger charge is 2.13. The monoisotopic (exact) mass is 350 g/mol. The van der Waals surface area contributed by atoms with Crippen LogP contribution in [-0.2, 0) is 4.74 Å². The number of fused-ring (bicyclic) bond motifs is 1. The van der Waals surface area contributed by atoms with E-state index >= 15 is 0 Å². The number of hydrogen-bond donors (Lipinski definition) is 0. The minimum absolute atomic E-state index is 0.284. The van der Waals surface area contributed by atoms with Crippen LogP contribution in [0.3, 0.4) is 0 Å². The Morgan fingerprint density at radius 1 is 0.885 bits per heavy atom. The molecule has 0 saturated heterocycles.